The van der Waals surface area contributed by atoms with Gasteiger partial charge in [-0.3, -0.25) is 0 Å². The average Bonchev–Trinajstić information content (AvgIpc) is 2.41. The first-order valence-corrected chi connectivity index (χ1v) is 6.04. The molecule has 0 heterocycles. The molecule has 19 heavy (non-hydrogen) atoms. The van der Waals surface area contributed by atoms with Gasteiger partial charge in [-0.2, -0.15) is 0 Å². The number of halogens is 2. The molecule has 0 saturated carbocycles. The van der Waals surface area contributed by atoms with Crippen LogP contribution in [0.4, 0.5) is 14.5 Å². The lowest BCUT2D eigenvalue weighted by Crippen LogP contribution is -2.17. The monoisotopic (exact) mass is 262 g/mol. The van der Waals surface area contributed by atoms with Gasteiger partial charge in [0, 0.05) is 31.4 Å². The summed E-state index contributed by atoms with van der Waals surface area (Å²) in [6.45, 7) is 0.736. The molecule has 2 aromatic carbocycles. The summed E-state index contributed by atoms with van der Waals surface area (Å²) < 4.78 is 26.5. The number of nitrogens with zero attached hydrogens (tertiary/aromatic N) is 1. The molecule has 4 heteroatoms. The van der Waals surface area contributed by atoms with E-state index in [-0.39, 0.29) is 18.2 Å². The van der Waals surface area contributed by atoms with E-state index in [4.69, 9.17) is 5.73 Å². The molecule has 0 amide bonds. The molecule has 0 spiro atoms. The van der Waals surface area contributed by atoms with Gasteiger partial charge in [-0.05, 0) is 35.9 Å². The third-order valence-electron chi connectivity index (χ3n) is 3.00. The first kappa shape index (κ1) is 13.5. The Bertz CT molecular complexity index is 570. The fourth-order valence-corrected chi connectivity index (χ4v) is 1.96. The predicted molar refractivity (Wildman–Crippen MR) is 72.8 cm³/mol. The quantitative estimate of drug-likeness (QED) is 0.917. The number of rotatable bonds is 4. The Morgan fingerprint density at radius 1 is 1.11 bits per heavy atom. The van der Waals surface area contributed by atoms with Crippen molar-refractivity contribution in [2.45, 2.75) is 13.1 Å². The Balaban J connectivity index is 2.17. The smallest absolute Gasteiger partial charge is 0.127 e. The first-order valence-electron chi connectivity index (χ1n) is 6.04. The van der Waals surface area contributed by atoms with E-state index in [1.54, 1.807) is 18.2 Å². The second-order valence-corrected chi connectivity index (χ2v) is 4.47. The van der Waals surface area contributed by atoms with Gasteiger partial charge in [0.2, 0.25) is 0 Å². The lowest BCUT2D eigenvalue weighted by atomic mass is 10.1. The first-order chi connectivity index (χ1) is 9.10. The number of benzene rings is 2. The van der Waals surface area contributed by atoms with Crippen LogP contribution in [-0.2, 0) is 13.1 Å². The van der Waals surface area contributed by atoms with Crippen LogP contribution >= 0.6 is 0 Å². The van der Waals surface area contributed by atoms with Crippen molar-refractivity contribution >= 4 is 5.69 Å². The van der Waals surface area contributed by atoms with Crippen LogP contribution < -0.4 is 10.6 Å². The van der Waals surface area contributed by atoms with Gasteiger partial charge in [0.05, 0.1) is 0 Å². The predicted octanol–water partition coefficient (Wildman–Crippen LogP) is 3.06. The van der Waals surface area contributed by atoms with E-state index in [0.717, 1.165) is 11.3 Å². The van der Waals surface area contributed by atoms with Crippen molar-refractivity contribution in [1.82, 2.24) is 0 Å². The van der Waals surface area contributed by atoms with Crippen molar-refractivity contribution in [3.8, 4) is 0 Å². The zero-order valence-corrected chi connectivity index (χ0v) is 10.7. The molecular formula is C15H16F2N2. The van der Waals surface area contributed by atoms with Crippen molar-refractivity contribution in [2.24, 2.45) is 5.73 Å². The highest BCUT2D eigenvalue weighted by Gasteiger charge is 2.06. The summed E-state index contributed by atoms with van der Waals surface area (Å²) in [4.78, 5) is 1.90. The Morgan fingerprint density at radius 2 is 1.89 bits per heavy atom. The maximum absolute atomic E-state index is 13.3. The molecule has 0 atom stereocenters. The van der Waals surface area contributed by atoms with Gasteiger partial charge in [0.1, 0.15) is 11.6 Å². The van der Waals surface area contributed by atoms with Crippen molar-refractivity contribution in [3.63, 3.8) is 0 Å². The lowest BCUT2D eigenvalue weighted by Gasteiger charge is -2.20. The van der Waals surface area contributed by atoms with E-state index in [2.05, 4.69) is 0 Å². The SMILES string of the molecule is CN(Cc1ccc(F)c(CN)c1)c1cccc(F)c1. The molecule has 0 aliphatic heterocycles. The van der Waals surface area contributed by atoms with Gasteiger partial charge < -0.3 is 10.6 Å². The van der Waals surface area contributed by atoms with E-state index in [1.807, 2.05) is 18.0 Å². The van der Waals surface area contributed by atoms with Crippen LogP contribution in [0, 0.1) is 11.6 Å². The molecule has 0 aliphatic carbocycles. The number of hydrogen-bond donors (Lipinski definition) is 1. The zero-order valence-electron chi connectivity index (χ0n) is 10.7. The normalized spacial score (nSPS) is 10.5. The Hall–Kier alpha value is -1.94. The fraction of sp³-hybridized carbons (Fsp3) is 0.200. The standard InChI is InChI=1S/C15H16F2N2/c1-19(14-4-2-3-13(16)8-14)10-11-5-6-15(17)12(7-11)9-18/h2-8H,9-10,18H2,1H3. The molecule has 2 rings (SSSR count). The molecule has 2 nitrogen and oxygen atoms in total. The van der Waals surface area contributed by atoms with Crippen LogP contribution in [0.2, 0.25) is 0 Å². The molecule has 0 fully saturated rings. The summed E-state index contributed by atoms with van der Waals surface area (Å²) in [7, 11) is 1.86. The van der Waals surface area contributed by atoms with E-state index in [9.17, 15) is 8.78 Å². The number of hydrogen-bond acceptors (Lipinski definition) is 2. The summed E-state index contributed by atoms with van der Waals surface area (Å²) >= 11 is 0. The zero-order chi connectivity index (χ0) is 13.8. The molecule has 0 aromatic heterocycles. The van der Waals surface area contributed by atoms with Gasteiger partial charge in [-0.1, -0.05) is 12.1 Å². The second-order valence-electron chi connectivity index (χ2n) is 4.47. The molecule has 2 aromatic rings. The summed E-state index contributed by atoms with van der Waals surface area (Å²) in [6.07, 6.45) is 0. The Kier molecular flexibility index (Phi) is 4.12. The van der Waals surface area contributed by atoms with E-state index < -0.39 is 0 Å². The van der Waals surface area contributed by atoms with Crippen LogP contribution in [-0.4, -0.2) is 7.05 Å². The van der Waals surface area contributed by atoms with Gasteiger partial charge in [-0.25, -0.2) is 8.78 Å². The van der Waals surface area contributed by atoms with Crippen LogP contribution in [0.1, 0.15) is 11.1 Å². The minimum absolute atomic E-state index is 0.170. The maximum Gasteiger partial charge on any atom is 0.127 e. The lowest BCUT2D eigenvalue weighted by molar-refractivity contribution is 0.609. The fourth-order valence-electron chi connectivity index (χ4n) is 1.96. The molecule has 0 aliphatic rings. The minimum Gasteiger partial charge on any atom is -0.370 e. The second kappa shape index (κ2) is 5.80. The highest BCUT2D eigenvalue weighted by Crippen LogP contribution is 2.18. The molecule has 0 radical (unpaired) electrons. The highest BCUT2D eigenvalue weighted by molar-refractivity contribution is 5.46. The third-order valence-corrected chi connectivity index (χ3v) is 3.00. The van der Waals surface area contributed by atoms with Gasteiger partial charge >= 0.3 is 0 Å². The van der Waals surface area contributed by atoms with Crippen molar-refractivity contribution in [1.29, 1.82) is 0 Å². The van der Waals surface area contributed by atoms with Crippen molar-refractivity contribution < 1.29 is 8.78 Å². The van der Waals surface area contributed by atoms with Gasteiger partial charge in [0.25, 0.3) is 0 Å². The van der Waals surface area contributed by atoms with Crippen molar-refractivity contribution in [2.75, 3.05) is 11.9 Å². The van der Waals surface area contributed by atoms with Crippen LogP contribution in [0.15, 0.2) is 42.5 Å². The summed E-state index contributed by atoms with van der Waals surface area (Å²) in [6, 6.07) is 11.2. The van der Waals surface area contributed by atoms with Crippen molar-refractivity contribution in [3.05, 3.63) is 65.2 Å². The molecule has 0 unspecified atom stereocenters. The average molecular weight is 262 g/mol. The number of anilines is 1. The number of nitrogens with two attached hydrogens (primary N) is 1. The highest BCUT2D eigenvalue weighted by atomic mass is 19.1. The maximum atomic E-state index is 13.3. The summed E-state index contributed by atoms with van der Waals surface area (Å²) in [5, 5.41) is 0. The topological polar surface area (TPSA) is 29.3 Å². The Labute approximate surface area is 111 Å². The van der Waals surface area contributed by atoms with Crippen LogP contribution in [0.25, 0.3) is 0 Å². The van der Waals surface area contributed by atoms with Crippen LogP contribution in [0.3, 0.4) is 0 Å². The summed E-state index contributed by atoms with van der Waals surface area (Å²) in [5.41, 5.74) is 7.68. The van der Waals surface area contributed by atoms with E-state index in [0.29, 0.717) is 12.1 Å². The minimum atomic E-state index is -0.292. The van der Waals surface area contributed by atoms with Gasteiger partial charge in [-0.15, -0.1) is 0 Å². The molecule has 0 saturated heterocycles. The molecule has 0 bridgehead atoms. The largest absolute Gasteiger partial charge is 0.370 e. The van der Waals surface area contributed by atoms with E-state index in [1.165, 1.54) is 18.2 Å². The molecular weight excluding hydrogens is 246 g/mol. The molecule has 2 N–H and O–H groups in total. The third kappa shape index (κ3) is 3.29. The van der Waals surface area contributed by atoms with E-state index >= 15 is 0 Å². The Morgan fingerprint density at radius 3 is 2.58 bits per heavy atom. The molecule has 100 valence electrons. The summed E-state index contributed by atoms with van der Waals surface area (Å²) in [5.74, 6) is -0.564. The van der Waals surface area contributed by atoms with Crippen LogP contribution in [0.5, 0.6) is 0 Å². The van der Waals surface area contributed by atoms with Gasteiger partial charge in [0.15, 0.2) is 0 Å².